The largest absolute Gasteiger partial charge is 0.508 e. The summed E-state index contributed by atoms with van der Waals surface area (Å²) in [4.78, 5) is 11.7. The quantitative estimate of drug-likeness (QED) is 0.722. The highest BCUT2D eigenvalue weighted by Crippen LogP contribution is 2.15. The van der Waals surface area contributed by atoms with Crippen molar-refractivity contribution in [1.82, 2.24) is 10.6 Å². The zero-order valence-electron chi connectivity index (χ0n) is 9.78. The molecule has 0 aromatic heterocycles. The SMILES string of the molecule is O=C(Cc1ccccc1O)NCC1CCCN1. The minimum absolute atomic E-state index is 0.0415. The van der Waals surface area contributed by atoms with Crippen molar-refractivity contribution in [1.29, 1.82) is 0 Å². The lowest BCUT2D eigenvalue weighted by atomic mass is 10.1. The van der Waals surface area contributed by atoms with Gasteiger partial charge in [-0.15, -0.1) is 0 Å². The van der Waals surface area contributed by atoms with E-state index in [4.69, 9.17) is 0 Å². The normalized spacial score (nSPS) is 19.2. The van der Waals surface area contributed by atoms with Crippen molar-refractivity contribution in [2.75, 3.05) is 13.1 Å². The van der Waals surface area contributed by atoms with Crippen LogP contribution in [0.25, 0.3) is 0 Å². The summed E-state index contributed by atoms with van der Waals surface area (Å²) < 4.78 is 0. The fourth-order valence-electron chi connectivity index (χ4n) is 2.06. The van der Waals surface area contributed by atoms with E-state index in [0.717, 1.165) is 13.0 Å². The van der Waals surface area contributed by atoms with E-state index in [1.54, 1.807) is 18.2 Å². The summed E-state index contributed by atoms with van der Waals surface area (Å²) in [5, 5.41) is 15.8. The van der Waals surface area contributed by atoms with Gasteiger partial charge >= 0.3 is 0 Å². The maximum Gasteiger partial charge on any atom is 0.224 e. The molecule has 1 unspecified atom stereocenters. The molecule has 0 saturated carbocycles. The van der Waals surface area contributed by atoms with Crippen LogP contribution >= 0.6 is 0 Å². The van der Waals surface area contributed by atoms with Crippen molar-refractivity contribution in [2.24, 2.45) is 0 Å². The Bertz CT molecular complexity index is 387. The van der Waals surface area contributed by atoms with Crippen LogP contribution in [-0.4, -0.2) is 30.1 Å². The van der Waals surface area contributed by atoms with Gasteiger partial charge in [-0.1, -0.05) is 18.2 Å². The summed E-state index contributed by atoms with van der Waals surface area (Å²) in [6, 6.07) is 7.34. The van der Waals surface area contributed by atoms with Gasteiger partial charge in [-0.05, 0) is 25.5 Å². The van der Waals surface area contributed by atoms with E-state index < -0.39 is 0 Å². The first kappa shape index (κ1) is 11.9. The third-order valence-corrected chi connectivity index (χ3v) is 3.05. The molecule has 0 aliphatic carbocycles. The highest BCUT2D eigenvalue weighted by Gasteiger charge is 2.15. The molecular weight excluding hydrogens is 216 g/mol. The molecule has 1 fully saturated rings. The topological polar surface area (TPSA) is 61.4 Å². The molecule has 0 bridgehead atoms. The number of hydrogen-bond acceptors (Lipinski definition) is 3. The summed E-state index contributed by atoms with van der Waals surface area (Å²) in [7, 11) is 0. The van der Waals surface area contributed by atoms with Gasteiger partial charge in [-0.2, -0.15) is 0 Å². The number of phenolic OH excluding ortho intramolecular Hbond substituents is 1. The number of amides is 1. The second kappa shape index (κ2) is 5.68. The number of rotatable bonds is 4. The zero-order chi connectivity index (χ0) is 12.1. The Morgan fingerprint density at radius 1 is 1.47 bits per heavy atom. The fraction of sp³-hybridized carbons (Fsp3) is 0.462. The van der Waals surface area contributed by atoms with Crippen molar-refractivity contribution in [2.45, 2.75) is 25.3 Å². The van der Waals surface area contributed by atoms with Gasteiger partial charge in [-0.25, -0.2) is 0 Å². The van der Waals surface area contributed by atoms with Crippen LogP contribution in [0.4, 0.5) is 0 Å². The van der Waals surface area contributed by atoms with Gasteiger partial charge in [0.05, 0.1) is 6.42 Å². The lowest BCUT2D eigenvalue weighted by Crippen LogP contribution is -2.37. The summed E-state index contributed by atoms with van der Waals surface area (Å²) in [6.45, 7) is 1.71. The van der Waals surface area contributed by atoms with Crippen molar-refractivity contribution in [3.05, 3.63) is 29.8 Å². The third kappa shape index (κ3) is 3.46. The van der Waals surface area contributed by atoms with Gasteiger partial charge in [0.1, 0.15) is 5.75 Å². The summed E-state index contributed by atoms with van der Waals surface area (Å²) in [5.74, 6) is 0.141. The molecule has 1 heterocycles. The van der Waals surface area contributed by atoms with Crippen LogP contribution in [0.3, 0.4) is 0 Å². The van der Waals surface area contributed by atoms with Crippen LogP contribution < -0.4 is 10.6 Å². The fourth-order valence-corrected chi connectivity index (χ4v) is 2.06. The van der Waals surface area contributed by atoms with Crippen LogP contribution in [0.1, 0.15) is 18.4 Å². The first-order valence-electron chi connectivity index (χ1n) is 6.02. The Labute approximate surface area is 101 Å². The minimum Gasteiger partial charge on any atom is -0.508 e. The van der Waals surface area contributed by atoms with Gasteiger partial charge in [0.2, 0.25) is 5.91 Å². The van der Waals surface area contributed by atoms with E-state index in [-0.39, 0.29) is 18.1 Å². The van der Waals surface area contributed by atoms with E-state index in [1.807, 2.05) is 6.07 Å². The molecule has 1 aromatic carbocycles. The van der Waals surface area contributed by atoms with E-state index in [0.29, 0.717) is 18.2 Å². The molecule has 0 radical (unpaired) electrons. The Morgan fingerprint density at radius 2 is 2.29 bits per heavy atom. The highest BCUT2D eigenvalue weighted by molar-refractivity contribution is 5.79. The van der Waals surface area contributed by atoms with Crippen LogP contribution in [0, 0.1) is 0 Å². The predicted molar refractivity (Wildman–Crippen MR) is 65.8 cm³/mol. The number of aromatic hydroxyl groups is 1. The minimum atomic E-state index is -0.0415. The molecule has 4 nitrogen and oxygen atoms in total. The number of carbonyl (C=O) groups is 1. The van der Waals surface area contributed by atoms with Crippen molar-refractivity contribution in [3.8, 4) is 5.75 Å². The molecule has 4 heteroatoms. The van der Waals surface area contributed by atoms with Crippen LogP contribution in [-0.2, 0) is 11.2 Å². The van der Waals surface area contributed by atoms with Crippen LogP contribution in [0.5, 0.6) is 5.75 Å². The maximum absolute atomic E-state index is 11.7. The number of phenols is 1. The summed E-state index contributed by atoms with van der Waals surface area (Å²) >= 11 is 0. The molecule has 3 N–H and O–H groups in total. The first-order chi connectivity index (χ1) is 8.25. The first-order valence-corrected chi connectivity index (χ1v) is 6.02. The van der Waals surface area contributed by atoms with Crippen molar-refractivity contribution in [3.63, 3.8) is 0 Å². The molecule has 92 valence electrons. The van der Waals surface area contributed by atoms with Gasteiger partial charge < -0.3 is 15.7 Å². The predicted octanol–water partition coefficient (Wildman–Crippen LogP) is 0.803. The van der Waals surface area contributed by atoms with Crippen LogP contribution in [0.15, 0.2) is 24.3 Å². The second-order valence-electron chi connectivity index (χ2n) is 4.40. The Kier molecular flexibility index (Phi) is 3.98. The van der Waals surface area contributed by atoms with E-state index in [1.165, 1.54) is 6.42 Å². The van der Waals surface area contributed by atoms with Gasteiger partial charge in [0, 0.05) is 18.2 Å². The van der Waals surface area contributed by atoms with E-state index in [9.17, 15) is 9.90 Å². The van der Waals surface area contributed by atoms with Crippen molar-refractivity contribution >= 4 is 5.91 Å². The summed E-state index contributed by atoms with van der Waals surface area (Å²) in [6.07, 6.45) is 2.54. The number of hydrogen-bond donors (Lipinski definition) is 3. The second-order valence-corrected chi connectivity index (χ2v) is 4.40. The monoisotopic (exact) mass is 234 g/mol. The Morgan fingerprint density at radius 3 is 3.00 bits per heavy atom. The number of benzene rings is 1. The number of carbonyl (C=O) groups excluding carboxylic acids is 1. The maximum atomic E-state index is 11.7. The molecule has 1 aliphatic heterocycles. The molecule has 1 atom stereocenters. The molecule has 0 spiro atoms. The smallest absolute Gasteiger partial charge is 0.224 e. The average molecular weight is 234 g/mol. The zero-order valence-corrected chi connectivity index (χ0v) is 9.78. The lowest BCUT2D eigenvalue weighted by molar-refractivity contribution is -0.120. The van der Waals surface area contributed by atoms with Gasteiger partial charge in [0.25, 0.3) is 0 Å². The van der Waals surface area contributed by atoms with Gasteiger partial charge in [-0.3, -0.25) is 4.79 Å². The van der Waals surface area contributed by atoms with Crippen molar-refractivity contribution < 1.29 is 9.90 Å². The Balaban J connectivity index is 1.79. The average Bonchev–Trinajstić information content (AvgIpc) is 2.82. The lowest BCUT2D eigenvalue weighted by Gasteiger charge is -2.11. The summed E-state index contributed by atoms with van der Waals surface area (Å²) in [5.41, 5.74) is 0.671. The number of nitrogens with one attached hydrogen (secondary N) is 2. The van der Waals surface area contributed by atoms with E-state index in [2.05, 4.69) is 10.6 Å². The third-order valence-electron chi connectivity index (χ3n) is 3.05. The molecule has 17 heavy (non-hydrogen) atoms. The Hall–Kier alpha value is -1.55. The van der Waals surface area contributed by atoms with E-state index >= 15 is 0 Å². The molecule has 1 amide bonds. The number of para-hydroxylation sites is 1. The standard InChI is InChI=1S/C13H18N2O2/c16-12-6-2-1-4-10(12)8-13(17)15-9-11-5-3-7-14-11/h1-2,4,6,11,14,16H,3,5,7-9H2,(H,15,17). The molecular formula is C13H18N2O2. The molecule has 1 saturated heterocycles. The van der Waals surface area contributed by atoms with Crippen LogP contribution in [0.2, 0.25) is 0 Å². The molecule has 1 aliphatic rings. The molecule has 1 aromatic rings. The molecule has 2 rings (SSSR count). The van der Waals surface area contributed by atoms with Gasteiger partial charge in [0.15, 0.2) is 0 Å². The highest BCUT2D eigenvalue weighted by atomic mass is 16.3.